The average Bonchev–Trinajstić information content (AvgIpc) is 3.70. The molecule has 6 rings (SSSR count). The largest absolute Gasteiger partial charge is 0.366 e. The molecule has 2 unspecified atom stereocenters. The van der Waals surface area contributed by atoms with Gasteiger partial charge in [-0.15, -0.1) is 0 Å². The molecular formula is C36H55N7. The van der Waals surface area contributed by atoms with Crippen LogP contribution in [0.3, 0.4) is 0 Å². The van der Waals surface area contributed by atoms with Gasteiger partial charge in [-0.25, -0.2) is 15.0 Å². The fraction of sp³-hybridized carbons (Fsp3) is 0.611. The number of aryl methyl sites for hydroxylation is 2. The Morgan fingerprint density at radius 2 is 1.70 bits per heavy atom. The van der Waals surface area contributed by atoms with Crippen LogP contribution in [0.15, 0.2) is 24.7 Å². The minimum absolute atomic E-state index is 0.393. The maximum absolute atomic E-state index is 5.31. The van der Waals surface area contributed by atoms with Gasteiger partial charge in [0.15, 0.2) is 5.82 Å². The summed E-state index contributed by atoms with van der Waals surface area (Å²) in [5, 5.41) is 9.85. The first-order valence-electron chi connectivity index (χ1n) is 17.2. The molecule has 0 bridgehead atoms. The van der Waals surface area contributed by atoms with Crippen LogP contribution in [0.2, 0.25) is 0 Å². The summed E-state index contributed by atoms with van der Waals surface area (Å²) in [6.45, 7) is 17.1. The molecule has 2 aliphatic rings. The van der Waals surface area contributed by atoms with E-state index in [1.807, 2.05) is 26.2 Å². The van der Waals surface area contributed by atoms with Gasteiger partial charge < -0.3 is 15.6 Å². The predicted molar refractivity (Wildman–Crippen MR) is 183 cm³/mol. The molecule has 1 saturated heterocycles. The highest BCUT2D eigenvalue weighted by Gasteiger charge is 2.28. The molecular weight excluding hydrogens is 530 g/mol. The van der Waals surface area contributed by atoms with Crippen LogP contribution in [0.4, 0.5) is 5.82 Å². The van der Waals surface area contributed by atoms with Crippen molar-refractivity contribution < 1.29 is 0 Å². The van der Waals surface area contributed by atoms with Crippen LogP contribution in [0.25, 0.3) is 33.3 Å². The number of pyridine rings is 2. The minimum atomic E-state index is 0.393. The Morgan fingerprint density at radius 1 is 0.930 bits per heavy atom. The monoisotopic (exact) mass is 585 g/mol. The van der Waals surface area contributed by atoms with E-state index in [2.05, 4.69) is 72.5 Å². The SMILES string of the molecule is CC.CCCC.CCCc1c(C)[nH]c2nccc(-c3nc(NC4CCNCC4CC)c4c(C5CCCC5)cncc4n3)c12. The van der Waals surface area contributed by atoms with E-state index in [0.29, 0.717) is 17.9 Å². The molecule has 1 saturated carbocycles. The second kappa shape index (κ2) is 16.1. The number of aromatic amines is 1. The molecule has 2 fully saturated rings. The van der Waals surface area contributed by atoms with Crippen LogP contribution in [-0.4, -0.2) is 44.1 Å². The Balaban J connectivity index is 0.000000653. The summed E-state index contributed by atoms with van der Waals surface area (Å²) < 4.78 is 0. The number of fused-ring (bicyclic) bond motifs is 2. The first-order valence-corrected chi connectivity index (χ1v) is 17.2. The van der Waals surface area contributed by atoms with Crippen LogP contribution in [0.1, 0.15) is 122 Å². The van der Waals surface area contributed by atoms with Crippen LogP contribution < -0.4 is 10.6 Å². The third-order valence-corrected chi connectivity index (χ3v) is 9.14. The average molecular weight is 586 g/mol. The minimum Gasteiger partial charge on any atom is -0.366 e. The number of nitrogens with one attached hydrogen (secondary N) is 3. The van der Waals surface area contributed by atoms with Gasteiger partial charge in [0.2, 0.25) is 0 Å². The van der Waals surface area contributed by atoms with Gasteiger partial charge in [0.1, 0.15) is 11.5 Å². The number of hydrogen-bond acceptors (Lipinski definition) is 6. The van der Waals surface area contributed by atoms with Gasteiger partial charge >= 0.3 is 0 Å². The van der Waals surface area contributed by atoms with Gasteiger partial charge in [-0.2, -0.15) is 0 Å². The van der Waals surface area contributed by atoms with Gasteiger partial charge in [-0.05, 0) is 74.7 Å². The van der Waals surface area contributed by atoms with Gasteiger partial charge in [0, 0.05) is 40.5 Å². The molecule has 4 aromatic heterocycles. The van der Waals surface area contributed by atoms with Gasteiger partial charge in [-0.3, -0.25) is 4.98 Å². The number of unbranched alkanes of at least 4 members (excludes halogenated alkanes) is 1. The molecule has 0 radical (unpaired) electrons. The number of H-pyrrole nitrogens is 1. The number of anilines is 1. The van der Waals surface area contributed by atoms with E-state index in [1.54, 1.807) is 0 Å². The summed E-state index contributed by atoms with van der Waals surface area (Å²) >= 11 is 0. The fourth-order valence-electron chi connectivity index (χ4n) is 6.65. The Hall–Kier alpha value is -3.06. The van der Waals surface area contributed by atoms with E-state index in [4.69, 9.17) is 9.97 Å². The Kier molecular flexibility index (Phi) is 12.3. The van der Waals surface area contributed by atoms with Crippen molar-refractivity contribution in [2.24, 2.45) is 5.92 Å². The van der Waals surface area contributed by atoms with Crippen molar-refractivity contribution in [2.45, 2.75) is 125 Å². The maximum atomic E-state index is 5.31. The summed E-state index contributed by atoms with van der Waals surface area (Å²) in [7, 11) is 0. The first-order chi connectivity index (χ1) is 21.1. The number of piperidine rings is 1. The highest BCUT2D eigenvalue weighted by Crippen LogP contribution is 2.40. The standard InChI is InChI=1S/C30H39N7.C4H10.C2H6/c1-4-8-21-18(3)34-29-26(21)22(11-14-33-29)28-36-25-17-32-16-23(20-9-6-7-10-20)27(25)30(37-28)35-24-12-13-31-15-19(24)5-2;1-3-4-2;1-2/h11,14,16-17,19-20,24,31H,4-10,12-13,15H2,1-3H3,(H,33,34)(H,35,36,37);3-4H2,1-2H3;1-2H3. The molecule has 2 atom stereocenters. The Labute approximate surface area is 259 Å². The Bertz CT molecular complexity index is 1430. The first kappa shape index (κ1) is 32.8. The second-order valence-corrected chi connectivity index (χ2v) is 12.0. The third-order valence-electron chi connectivity index (χ3n) is 9.14. The van der Waals surface area contributed by atoms with Gasteiger partial charge in [-0.1, -0.05) is 80.1 Å². The van der Waals surface area contributed by atoms with Crippen molar-refractivity contribution in [1.82, 2.24) is 30.2 Å². The number of hydrogen-bond donors (Lipinski definition) is 3. The van der Waals surface area contributed by atoms with Crippen molar-refractivity contribution >= 4 is 27.8 Å². The van der Waals surface area contributed by atoms with Crippen LogP contribution in [0, 0.1) is 12.8 Å². The van der Waals surface area contributed by atoms with E-state index in [-0.39, 0.29) is 0 Å². The maximum Gasteiger partial charge on any atom is 0.163 e. The van der Waals surface area contributed by atoms with Crippen molar-refractivity contribution in [2.75, 3.05) is 18.4 Å². The Morgan fingerprint density at radius 3 is 2.40 bits per heavy atom. The van der Waals surface area contributed by atoms with Crippen molar-refractivity contribution in [3.05, 3.63) is 41.5 Å². The second-order valence-electron chi connectivity index (χ2n) is 12.0. The lowest BCUT2D eigenvalue weighted by Crippen LogP contribution is -2.43. The quantitative estimate of drug-likeness (QED) is 0.191. The molecule has 4 aromatic rings. The van der Waals surface area contributed by atoms with Crippen LogP contribution in [-0.2, 0) is 6.42 Å². The molecule has 43 heavy (non-hydrogen) atoms. The van der Waals surface area contributed by atoms with E-state index >= 15 is 0 Å². The lowest BCUT2D eigenvalue weighted by molar-refractivity contribution is 0.335. The highest BCUT2D eigenvalue weighted by molar-refractivity contribution is 5.98. The highest BCUT2D eigenvalue weighted by atomic mass is 15.1. The predicted octanol–water partition coefficient (Wildman–Crippen LogP) is 9.12. The molecule has 0 aromatic carbocycles. The molecule has 5 heterocycles. The number of aromatic nitrogens is 5. The molecule has 3 N–H and O–H groups in total. The van der Waals surface area contributed by atoms with E-state index in [0.717, 1.165) is 72.5 Å². The molecule has 7 heteroatoms. The van der Waals surface area contributed by atoms with Crippen LogP contribution >= 0.6 is 0 Å². The molecule has 1 aliphatic carbocycles. The van der Waals surface area contributed by atoms with Crippen molar-refractivity contribution in [3.63, 3.8) is 0 Å². The summed E-state index contributed by atoms with van der Waals surface area (Å²) in [5.41, 5.74) is 6.72. The van der Waals surface area contributed by atoms with Crippen molar-refractivity contribution in [3.8, 4) is 11.4 Å². The molecule has 0 spiro atoms. The molecule has 0 amide bonds. The topological polar surface area (TPSA) is 91.4 Å². The zero-order valence-electron chi connectivity index (χ0n) is 27.8. The van der Waals surface area contributed by atoms with Crippen molar-refractivity contribution in [1.29, 1.82) is 0 Å². The third kappa shape index (κ3) is 7.36. The molecule has 7 nitrogen and oxygen atoms in total. The van der Waals surface area contributed by atoms with Gasteiger partial charge in [0.05, 0.1) is 11.7 Å². The van der Waals surface area contributed by atoms with E-state index < -0.39 is 0 Å². The summed E-state index contributed by atoms with van der Waals surface area (Å²) in [6.07, 6.45) is 17.9. The molecule has 1 aliphatic heterocycles. The lowest BCUT2D eigenvalue weighted by atomic mass is 9.90. The molecule has 234 valence electrons. The lowest BCUT2D eigenvalue weighted by Gasteiger charge is -2.33. The number of rotatable bonds is 8. The zero-order chi connectivity index (χ0) is 30.8. The number of nitrogens with zero attached hydrogens (tertiary/aromatic N) is 4. The fourth-order valence-corrected chi connectivity index (χ4v) is 6.65. The smallest absolute Gasteiger partial charge is 0.163 e. The van der Waals surface area contributed by atoms with Gasteiger partial charge in [0.25, 0.3) is 0 Å². The summed E-state index contributed by atoms with van der Waals surface area (Å²) in [6, 6.07) is 2.47. The summed E-state index contributed by atoms with van der Waals surface area (Å²) in [4.78, 5) is 23.3. The van der Waals surface area contributed by atoms with Crippen LogP contribution in [0.5, 0.6) is 0 Å². The van der Waals surface area contributed by atoms with E-state index in [1.165, 1.54) is 60.7 Å². The summed E-state index contributed by atoms with van der Waals surface area (Å²) in [5.74, 6) is 2.85. The zero-order valence-corrected chi connectivity index (χ0v) is 27.8. The normalized spacial score (nSPS) is 18.7. The van der Waals surface area contributed by atoms with E-state index in [9.17, 15) is 0 Å².